The number of H-pyrrole nitrogens is 1. The fourth-order valence-corrected chi connectivity index (χ4v) is 5.53. The number of hydrogen-bond donors (Lipinski definition) is 3. The number of fused-ring (bicyclic) bond motifs is 1. The number of carbonyl (C=O) groups is 1. The summed E-state index contributed by atoms with van der Waals surface area (Å²) in [6.45, 7) is 15.2. The van der Waals surface area contributed by atoms with Crippen LogP contribution < -0.4 is 15.6 Å². The van der Waals surface area contributed by atoms with Crippen LogP contribution in [0.3, 0.4) is 0 Å². The number of aliphatic hydroxyl groups is 1. The molecule has 1 amide bonds. The fraction of sp³-hybridized carbons (Fsp3) is 0.414. The van der Waals surface area contributed by atoms with E-state index >= 15 is 0 Å². The number of hydrogen-bond acceptors (Lipinski definition) is 6. The predicted octanol–water partition coefficient (Wildman–Crippen LogP) is 5.59. The first-order valence-corrected chi connectivity index (χ1v) is 13.4. The van der Waals surface area contributed by atoms with Gasteiger partial charge in [-0.15, -0.1) is 11.3 Å². The zero-order valence-electron chi connectivity index (χ0n) is 23.4. The maximum Gasteiger partial charge on any atom is 0.274 e. The highest BCUT2D eigenvalue weighted by molar-refractivity contribution is 7.16. The summed E-state index contributed by atoms with van der Waals surface area (Å²) in [4.78, 5) is 35.0. The van der Waals surface area contributed by atoms with Crippen molar-refractivity contribution in [2.45, 2.75) is 72.4 Å². The van der Waals surface area contributed by atoms with E-state index in [9.17, 15) is 14.7 Å². The molecule has 4 aromatic rings. The van der Waals surface area contributed by atoms with Crippen LogP contribution in [0.4, 0.5) is 0 Å². The average Bonchev–Trinajstić information content (AvgIpc) is 3.43. The first-order chi connectivity index (χ1) is 17.6. The lowest BCUT2D eigenvalue weighted by atomic mass is 9.76. The van der Waals surface area contributed by atoms with E-state index in [2.05, 4.69) is 15.3 Å². The molecule has 0 aliphatic rings. The van der Waals surface area contributed by atoms with Gasteiger partial charge in [0.05, 0.1) is 16.2 Å². The Labute approximate surface area is 226 Å². The molecule has 0 aliphatic heterocycles. The minimum Gasteiger partial charge on any atom is -0.454 e. The first kappa shape index (κ1) is 27.6. The van der Waals surface area contributed by atoms with Gasteiger partial charge in [0.15, 0.2) is 5.75 Å². The number of pyridine rings is 2. The van der Waals surface area contributed by atoms with Crippen LogP contribution >= 0.6 is 11.3 Å². The van der Waals surface area contributed by atoms with Crippen LogP contribution in [0, 0.1) is 13.8 Å². The number of nitrogens with zero attached hydrogens (tertiary/aromatic N) is 2. The van der Waals surface area contributed by atoms with Gasteiger partial charge >= 0.3 is 0 Å². The van der Waals surface area contributed by atoms with Crippen LogP contribution in [0.15, 0.2) is 35.4 Å². The summed E-state index contributed by atoms with van der Waals surface area (Å²) in [5, 5.41) is 14.5. The van der Waals surface area contributed by atoms with Gasteiger partial charge in [0.1, 0.15) is 17.0 Å². The predicted molar refractivity (Wildman–Crippen MR) is 153 cm³/mol. The van der Waals surface area contributed by atoms with Gasteiger partial charge in [-0.05, 0) is 65.3 Å². The molecule has 0 fully saturated rings. The summed E-state index contributed by atoms with van der Waals surface area (Å²) in [5.41, 5.74) is 1.25. The van der Waals surface area contributed by atoms with E-state index in [0.717, 1.165) is 26.6 Å². The molecule has 0 bridgehead atoms. The second-order valence-corrected chi connectivity index (χ2v) is 12.2. The highest BCUT2D eigenvalue weighted by Gasteiger charge is 2.39. The van der Waals surface area contributed by atoms with Gasteiger partial charge in [-0.3, -0.25) is 14.6 Å². The van der Waals surface area contributed by atoms with E-state index in [1.165, 1.54) is 15.9 Å². The van der Waals surface area contributed by atoms with Crippen molar-refractivity contribution in [1.82, 2.24) is 19.9 Å². The number of aromatic nitrogens is 3. The average molecular weight is 537 g/mol. The largest absolute Gasteiger partial charge is 0.454 e. The molecule has 38 heavy (non-hydrogen) atoms. The van der Waals surface area contributed by atoms with Crippen LogP contribution in [0.25, 0.3) is 21.3 Å². The molecular weight excluding hydrogens is 500 g/mol. The van der Waals surface area contributed by atoms with Crippen LogP contribution in [0.1, 0.15) is 68.2 Å². The van der Waals surface area contributed by atoms with Crippen molar-refractivity contribution in [3.8, 4) is 21.9 Å². The van der Waals surface area contributed by atoms with Crippen LogP contribution in [0.2, 0.25) is 0 Å². The number of nitrogens with one attached hydrogen (secondary N) is 2. The lowest BCUT2D eigenvalue weighted by Crippen LogP contribution is -2.41. The zero-order chi connectivity index (χ0) is 28.2. The molecule has 0 aromatic carbocycles. The Morgan fingerprint density at radius 3 is 2.50 bits per heavy atom. The topological polar surface area (TPSA) is 109 Å². The molecular formula is C29H36N4O4S. The third kappa shape index (κ3) is 4.88. The normalized spacial score (nSPS) is 12.4. The van der Waals surface area contributed by atoms with Gasteiger partial charge in [0.2, 0.25) is 0 Å². The molecule has 0 atom stereocenters. The molecule has 9 heteroatoms. The Hall–Kier alpha value is -3.43. The highest BCUT2D eigenvalue weighted by Crippen LogP contribution is 2.49. The van der Waals surface area contributed by atoms with E-state index < -0.39 is 11.0 Å². The van der Waals surface area contributed by atoms with E-state index in [-0.39, 0.29) is 17.5 Å². The molecule has 0 radical (unpaired) electrons. The standard InChI is InChI=1S/C29H36N4O4S/c1-15(2)31-26(34)20-12-18-19(14-33(9)27(35)23(18)32-20)25-21(37-24-16(3)10-11-30-17(24)4)13-22(38-25)28(5,6)29(7,8)36/h10-15,32,36H,1-9H3,(H,31,34). The maximum absolute atomic E-state index is 13.1. The summed E-state index contributed by atoms with van der Waals surface area (Å²) in [6, 6.07) is 5.52. The number of aromatic amines is 1. The molecule has 0 unspecified atom stereocenters. The highest BCUT2D eigenvalue weighted by atomic mass is 32.1. The SMILES string of the molecule is Cc1ccnc(C)c1Oc1cc(C(C)(C)C(C)(C)O)sc1-c1cn(C)c(=O)c2[nH]c(C(=O)NC(C)C)cc12. The van der Waals surface area contributed by atoms with E-state index in [1.807, 2.05) is 53.7 Å². The Bertz CT molecular complexity index is 1560. The van der Waals surface area contributed by atoms with Gasteiger partial charge < -0.3 is 24.7 Å². The second kappa shape index (κ2) is 9.71. The quantitative estimate of drug-likeness (QED) is 0.285. The fourth-order valence-electron chi connectivity index (χ4n) is 4.17. The summed E-state index contributed by atoms with van der Waals surface area (Å²) in [5.74, 6) is 0.972. The minimum atomic E-state index is -1.01. The summed E-state index contributed by atoms with van der Waals surface area (Å²) in [7, 11) is 1.69. The second-order valence-electron chi connectivity index (χ2n) is 11.2. The van der Waals surface area contributed by atoms with Gasteiger partial charge in [0, 0.05) is 46.7 Å². The molecule has 0 spiro atoms. The Morgan fingerprint density at radius 1 is 1.21 bits per heavy atom. The zero-order valence-corrected chi connectivity index (χ0v) is 24.3. The molecule has 4 rings (SSSR count). The van der Waals surface area contributed by atoms with Crippen LogP contribution in [-0.4, -0.2) is 37.2 Å². The van der Waals surface area contributed by atoms with Crippen molar-refractivity contribution >= 4 is 28.1 Å². The Morgan fingerprint density at radius 2 is 1.89 bits per heavy atom. The third-order valence-electron chi connectivity index (χ3n) is 7.21. The molecule has 0 saturated carbocycles. The number of amides is 1. The Kier molecular flexibility index (Phi) is 7.05. The maximum atomic E-state index is 13.1. The third-order valence-corrected chi connectivity index (χ3v) is 8.68. The monoisotopic (exact) mass is 536 g/mol. The smallest absolute Gasteiger partial charge is 0.274 e. The van der Waals surface area contributed by atoms with Crippen molar-refractivity contribution in [1.29, 1.82) is 0 Å². The number of ether oxygens (including phenoxy) is 1. The number of thiophene rings is 1. The van der Waals surface area contributed by atoms with Gasteiger partial charge in [-0.1, -0.05) is 13.8 Å². The van der Waals surface area contributed by atoms with Crippen molar-refractivity contribution in [3.63, 3.8) is 0 Å². The van der Waals surface area contributed by atoms with Gasteiger partial charge in [0.25, 0.3) is 11.5 Å². The van der Waals surface area contributed by atoms with Crippen LogP contribution in [0.5, 0.6) is 11.5 Å². The van der Waals surface area contributed by atoms with Crippen molar-refractivity contribution in [2.24, 2.45) is 7.05 Å². The summed E-state index contributed by atoms with van der Waals surface area (Å²) < 4.78 is 8.03. The van der Waals surface area contributed by atoms with Crippen molar-refractivity contribution < 1.29 is 14.6 Å². The van der Waals surface area contributed by atoms with Gasteiger partial charge in [-0.2, -0.15) is 0 Å². The lowest BCUT2D eigenvalue weighted by Gasteiger charge is -2.36. The number of aryl methyl sites for hydroxylation is 3. The lowest BCUT2D eigenvalue weighted by molar-refractivity contribution is 0.0112. The molecule has 0 saturated heterocycles. The van der Waals surface area contributed by atoms with E-state index in [1.54, 1.807) is 39.4 Å². The minimum absolute atomic E-state index is 0.0499. The molecule has 8 nitrogen and oxygen atoms in total. The molecule has 0 aliphatic carbocycles. The molecule has 202 valence electrons. The van der Waals surface area contributed by atoms with Crippen molar-refractivity contribution in [3.05, 3.63) is 62.8 Å². The van der Waals surface area contributed by atoms with Crippen molar-refractivity contribution in [2.75, 3.05) is 0 Å². The Balaban J connectivity index is 1.99. The van der Waals surface area contributed by atoms with Crippen LogP contribution in [-0.2, 0) is 12.5 Å². The molecule has 4 aromatic heterocycles. The first-order valence-electron chi connectivity index (χ1n) is 12.6. The summed E-state index contributed by atoms with van der Waals surface area (Å²) in [6.07, 6.45) is 3.51. The molecule has 3 N–H and O–H groups in total. The summed E-state index contributed by atoms with van der Waals surface area (Å²) >= 11 is 1.50. The number of carbonyl (C=O) groups excluding carboxylic acids is 1. The molecule has 4 heterocycles. The number of rotatable bonds is 7. The van der Waals surface area contributed by atoms with E-state index in [0.29, 0.717) is 28.1 Å². The van der Waals surface area contributed by atoms with E-state index in [4.69, 9.17) is 4.74 Å². The van der Waals surface area contributed by atoms with Gasteiger partial charge in [-0.25, -0.2) is 0 Å².